The highest BCUT2D eigenvalue weighted by Gasteiger charge is 2.27. The maximum atomic E-state index is 11.5. The molecule has 0 fully saturated rings. The molecule has 1 aliphatic rings. The summed E-state index contributed by atoms with van der Waals surface area (Å²) in [5, 5.41) is 2.04. The highest BCUT2D eigenvalue weighted by atomic mass is 16.5. The molecule has 0 saturated heterocycles. The molecule has 1 atom stereocenters. The van der Waals surface area contributed by atoms with Crippen LogP contribution in [-0.4, -0.2) is 18.1 Å². The number of para-hydroxylation sites is 1. The Kier molecular flexibility index (Phi) is 2.77. The maximum absolute atomic E-state index is 11.5. The van der Waals surface area contributed by atoms with E-state index >= 15 is 0 Å². The van der Waals surface area contributed by atoms with Gasteiger partial charge in [-0.25, -0.2) is 0 Å². The lowest BCUT2D eigenvalue weighted by Crippen LogP contribution is -2.23. The van der Waals surface area contributed by atoms with Crippen molar-refractivity contribution < 1.29 is 9.53 Å². The molecule has 0 bridgehead atoms. The Labute approximate surface area is 94.5 Å². The van der Waals surface area contributed by atoms with Crippen molar-refractivity contribution in [3.8, 4) is 0 Å². The summed E-state index contributed by atoms with van der Waals surface area (Å²) in [6.07, 6.45) is 2.33. The smallest absolute Gasteiger partial charge is 0.308 e. The topological polar surface area (TPSA) is 38.7 Å². The highest BCUT2D eigenvalue weighted by molar-refractivity contribution is 5.73. The zero-order valence-corrected chi connectivity index (χ0v) is 9.56. The van der Waals surface area contributed by atoms with Gasteiger partial charge in [-0.2, -0.15) is 0 Å². The molecule has 0 saturated carbocycles. The van der Waals surface area contributed by atoms with Gasteiger partial charge < -0.3 is 4.74 Å². The number of fused-ring (bicyclic) bond motifs is 1. The monoisotopic (exact) mass is 217 g/mol. The summed E-state index contributed by atoms with van der Waals surface area (Å²) in [6.45, 7) is 4.18. The summed E-state index contributed by atoms with van der Waals surface area (Å²) in [6, 6.07) is 7.89. The number of ether oxygens (including phenoxy) is 1. The highest BCUT2D eigenvalue weighted by Crippen LogP contribution is 2.19. The molecule has 2 rings (SSSR count). The van der Waals surface area contributed by atoms with Crippen molar-refractivity contribution in [1.29, 1.82) is 0 Å². The number of esters is 1. The van der Waals surface area contributed by atoms with Crippen LogP contribution in [0.5, 0.6) is 0 Å². The minimum atomic E-state index is -0.448. The summed E-state index contributed by atoms with van der Waals surface area (Å²) in [5.41, 5.74) is -0.448. The molecule has 0 amide bonds. The van der Waals surface area contributed by atoms with Crippen LogP contribution in [0.1, 0.15) is 20.3 Å². The third kappa shape index (κ3) is 2.13. The van der Waals surface area contributed by atoms with Gasteiger partial charge in [0, 0.05) is 0 Å². The number of rotatable bonds is 3. The lowest BCUT2D eigenvalue weighted by molar-refractivity contribution is -0.143. The van der Waals surface area contributed by atoms with Crippen molar-refractivity contribution in [3.63, 3.8) is 0 Å². The van der Waals surface area contributed by atoms with Gasteiger partial charge in [0.25, 0.3) is 0 Å². The lowest BCUT2D eigenvalue weighted by Gasteiger charge is -2.16. The van der Waals surface area contributed by atoms with Crippen LogP contribution < -0.4 is 10.6 Å². The average molecular weight is 217 g/mol. The van der Waals surface area contributed by atoms with Gasteiger partial charge in [-0.05, 0) is 31.2 Å². The normalized spacial score (nSPS) is 21.9. The van der Waals surface area contributed by atoms with Crippen LogP contribution in [-0.2, 0) is 9.53 Å². The first-order valence-electron chi connectivity index (χ1n) is 5.46. The minimum absolute atomic E-state index is 0.196. The van der Waals surface area contributed by atoms with Gasteiger partial charge in [-0.15, -0.1) is 0 Å². The molecular formula is C13H15NO2. The van der Waals surface area contributed by atoms with Crippen LogP contribution in [0.15, 0.2) is 29.3 Å². The minimum Gasteiger partial charge on any atom is -0.466 e. The molecule has 1 unspecified atom stereocenters. The molecule has 3 heteroatoms. The average Bonchev–Trinajstić information content (AvgIpc) is 2.53. The summed E-state index contributed by atoms with van der Waals surface area (Å²) < 4.78 is 4.95. The summed E-state index contributed by atoms with van der Waals surface area (Å²) >= 11 is 0. The fraction of sp³-hybridized carbons (Fsp3) is 0.385. The molecule has 84 valence electrons. The Bertz CT molecular complexity index is 484. The zero-order chi connectivity index (χ0) is 11.6. The fourth-order valence-corrected chi connectivity index (χ4v) is 1.95. The molecule has 16 heavy (non-hydrogen) atoms. The first kappa shape index (κ1) is 10.9. The van der Waals surface area contributed by atoms with Crippen LogP contribution in [0.2, 0.25) is 0 Å². The molecule has 1 aromatic carbocycles. The Balaban J connectivity index is 2.25. The summed E-state index contributed by atoms with van der Waals surface area (Å²) in [5.74, 6) is -0.196. The number of carbonyl (C=O) groups is 1. The third-order valence-corrected chi connectivity index (χ3v) is 2.59. The van der Waals surface area contributed by atoms with Crippen LogP contribution in [0.25, 0.3) is 6.08 Å². The standard InChI is InChI=1S/C13H15NO2/c1-3-16-12(15)9-13(2)8-10-6-4-5-7-11(10)14-13/h4-8H,3,9H2,1-2H3. The third-order valence-electron chi connectivity index (χ3n) is 2.59. The van der Waals surface area contributed by atoms with Gasteiger partial charge in [0.15, 0.2) is 0 Å². The second-order valence-corrected chi connectivity index (χ2v) is 4.15. The number of benzene rings is 1. The van der Waals surface area contributed by atoms with E-state index in [-0.39, 0.29) is 5.97 Å². The number of carbonyl (C=O) groups excluding carboxylic acids is 1. The largest absolute Gasteiger partial charge is 0.466 e. The van der Waals surface area contributed by atoms with Crippen molar-refractivity contribution in [1.82, 2.24) is 0 Å². The van der Waals surface area contributed by atoms with Crippen molar-refractivity contribution >= 4 is 12.0 Å². The van der Waals surface area contributed by atoms with Crippen LogP contribution >= 0.6 is 0 Å². The van der Waals surface area contributed by atoms with E-state index in [0.29, 0.717) is 13.0 Å². The van der Waals surface area contributed by atoms with Crippen LogP contribution in [0.3, 0.4) is 0 Å². The van der Waals surface area contributed by atoms with Gasteiger partial charge in [0.1, 0.15) is 0 Å². The molecule has 0 N–H and O–H groups in total. The van der Waals surface area contributed by atoms with E-state index in [1.807, 2.05) is 44.2 Å². The molecule has 0 spiro atoms. The predicted octanol–water partition coefficient (Wildman–Crippen LogP) is 0.812. The summed E-state index contributed by atoms with van der Waals surface area (Å²) in [4.78, 5) is 16.0. The summed E-state index contributed by atoms with van der Waals surface area (Å²) in [7, 11) is 0. The van der Waals surface area contributed by atoms with E-state index in [1.54, 1.807) is 0 Å². The van der Waals surface area contributed by atoms with E-state index in [9.17, 15) is 4.79 Å². The van der Waals surface area contributed by atoms with Crippen molar-refractivity contribution in [2.24, 2.45) is 4.99 Å². The quantitative estimate of drug-likeness (QED) is 0.703. The number of hydrogen-bond donors (Lipinski definition) is 0. The van der Waals surface area contributed by atoms with E-state index in [4.69, 9.17) is 4.74 Å². The molecule has 3 nitrogen and oxygen atoms in total. The van der Waals surface area contributed by atoms with Crippen molar-refractivity contribution in [3.05, 3.63) is 34.8 Å². The van der Waals surface area contributed by atoms with E-state index in [0.717, 1.165) is 10.6 Å². The molecule has 1 aliphatic heterocycles. The molecular weight excluding hydrogens is 202 g/mol. The fourth-order valence-electron chi connectivity index (χ4n) is 1.95. The van der Waals surface area contributed by atoms with Gasteiger partial charge in [0.05, 0.1) is 23.9 Å². The van der Waals surface area contributed by atoms with Gasteiger partial charge in [0.2, 0.25) is 0 Å². The van der Waals surface area contributed by atoms with Crippen molar-refractivity contribution in [2.45, 2.75) is 25.8 Å². The first-order chi connectivity index (χ1) is 7.63. The molecule has 0 aromatic heterocycles. The second-order valence-electron chi connectivity index (χ2n) is 4.15. The Morgan fingerprint density at radius 1 is 1.44 bits per heavy atom. The molecule has 1 aromatic rings. The zero-order valence-electron chi connectivity index (χ0n) is 9.56. The number of nitrogens with zero attached hydrogens (tertiary/aromatic N) is 1. The SMILES string of the molecule is CCOC(=O)CC1(C)C=c2ccccc2=N1. The Hall–Kier alpha value is -1.64. The van der Waals surface area contributed by atoms with Crippen molar-refractivity contribution in [2.75, 3.05) is 6.61 Å². The predicted molar refractivity (Wildman–Crippen MR) is 61.3 cm³/mol. The molecule has 1 heterocycles. The Morgan fingerprint density at radius 3 is 2.88 bits per heavy atom. The molecule has 0 radical (unpaired) electrons. The van der Waals surface area contributed by atoms with Gasteiger partial charge >= 0.3 is 5.97 Å². The number of hydrogen-bond acceptors (Lipinski definition) is 3. The van der Waals surface area contributed by atoms with E-state index < -0.39 is 5.54 Å². The second kappa shape index (κ2) is 4.08. The first-order valence-corrected chi connectivity index (χ1v) is 5.46. The van der Waals surface area contributed by atoms with Crippen LogP contribution in [0, 0.1) is 0 Å². The molecule has 0 aliphatic carbocycles. The maximum Gasteiger partial charge on any atom is 0.308 e. The van der Waals surface area contributed by atoms with Crippen LogP contribution in [0.4, 0.5) is 0 Å². The van der Waals surface area contributed by atoms with E-state index in [2.05, 4.69) is 4.99 Å². The lowest BCUT2D eigenvalue weighted by atomic mass is 9.99. The Morgan fingerprint density at radius 2 is 2.19 bits per heavy atom. The van der Waals surface area contributed by atoms with Gasteiger partial charge in [-0.1, -0.05) is 18.2 Å². The van der Waals surface area contributed by atoms with Gasteiger partial charge in [-0.3, -0.25) is 9.79 Å². The van der Waals surface area contributed by atoms with E-state index in [1.165, 1.54) is 0 Å².